The van der Waals surface area contributed by atoms with Gasteiger partial charge in [0, 0.05) is 22.7 Å². The number of carbonyl (C=O) groups excluding carboxylic acids is 1. The number of fused-ring (bicyclic) bond motifs is 1. The van der Waals surface area contributed by atoms with Crippen LogP contribution in [0.25, 0.3) is 17.0 Å². The van der Waals surface area contributed by atoms with Crippen molar-refractivity contribution >= 4 is 22.8 Å². The fourth-order valence-corrected chi connectivity index (χ4v) is 2.61. The molecule has 1 aromatic carbocycles. The highest BCUT2D eigenvalue weighted by Crippen LogP contribution is 2.16. The SMILES string of the molecule is Cc1c(C=CC(=O)c2cc3ccccc3oc2=O)cnn1C(C)C. The minimum Gasteiger partial charge on any atom is -0.422 e. The fraction of sp³-hybridized carbons (Fsp3) is 0.211. The molecular formula is C19H18N2O3. The molecule has 0 saturated carbocycles. The normalized spacial score (nSPS) is 11.7. The van der Waals surface area contributed by atoms with Gasteiger partial charge in [-0.2, -0.15) is 5.10 Å². The lowest BCUT2D eigenvalue weighted by Gasteiger charge is -2.07. The van der Waals surface area contributed by atoms with Gasteiger partial charge >= 0.3 is 5.63 Å². The summed E-state index contributed by atoms with van der Waals surface area (Å²) in [6.45, 7) is 6.03. The van der Waals surface area contributed by atoms with Crippen LogP contribution >= 0.6 is 0 Å². The van der Waals surface area contributed by atoms with E-state index in [1.54, 1.807) is 36.5 Å². The number of ketones is 1. The van der Waals surface area contributed by atoms with Gasteiger partial charge in [-0.25, -0.2) is 4.79 Å². The van der Waals surface area contributed by atoms with Crippen LogP contribution in [0.5, 0.6) is 0 Å². The maximum Gasteiger partial charge on any atom is 0.347 e. The third kappa shape index (κ3) is 2.93. The summed E-state index contributed by atoms with van der Waals surface area (Å²) < 4.78 is 7.08. The first-order valence-corrected chi connectivity index (χ1v) is 7.77. The smallest absolute Gasteiger partial charge is 0.347 e. The molecule has 3 aromatic rings. The Hall–Kier alpha value is -2.95. The van der Waals surface area contributed by atoms with Crippen molar-refractivity contribution in [2.45, 2.75) is 26.8 Å². The number of allylic oxidation sites excluding steroid dienone is 1. The molecule has 0 aliphatic heterocycles. The molecule has 0 fully saturated rings. The molecule has 0 radical (unpaired) electrons. The van der Waals surface area contributed by atoms with Gasteiger partial charge < -0.3 is 4.42 Å². The monoisotopic (exact) mass is 322 g/mol. The van der Waals surface area contributed by atoms with Gasteiger partial charge in [-0.3, -0.25) is 9.48 Å². The van der Waals surface area contributed by atoms with E-state index in [1.165, 1.54) is 6.08 Å². The van der Waals surface area contributed by atoms with Crippen LogP contribution < -0.4 is 5.63 Å². The van der Waals surface area contributed by atoms with Crippen molar-refractivity contribution in [2.75, 3.05) is 0 Å². The topological polar surface area (TPSA) is 65.1 Å². The highest BCUT2D eigenvalue weighted by atomic mass is 16.4. The van der Waals surface area contributed by atoms with Crippen molar-refractivity contribution in [3.05, 3.63) is 69.8 Å². The van der Waals surface area contributed by atoms with Gasteiger partial charge in [-0.15, -0.1) is 0 Å². The molecule has 0 unspecified atom stereocenters. The van der Waals surface area contributed by atoms with Gasteiger partial charge in [0.15, 0.2) is 5.78 Å². The molecule has 2 heterocycles. The summed E-state index contributed by atoms with van der Waals surface area (Å²) in [5.41, 5.74) is 1.69. The molecule has 3 rings (SSSR count). The fourth-order valence-electron chi connectivity index (χ4n) is 2.61. The number of benzene rings is 1. The molecular weight excluding hydrogens is 304 g/mol. The number of rotatable bonds is 4. The highest BCUT2D eigenvalue weighted by Gasteiger charge is 2.12. The van der Waals surface area contributed by atoms with Crippen LogP contribution in [0.15, 0.2) is 51.8 Å². The minimum atomic E-state index is -0.627. The Balaban J connectivity index is 1.93. The van der Waals surface area contributed by atoms with Crippen molar-refractivity contribution in [2.24, 2.45) is 0 Å². The molecule has 24 heavy (non-hydrogen) atoms. The van der Waals surface area contributed by atoms with Crippen LogP contribution in [0.2, 0.25) is 0 Å². The predicted molar refractivity (Wildman–Crippen MR) is 93.2 cm³/mol. The first-order chi connectivity index (χ1) is 11.5. The van der Waals surface area contributed by atoms with Gasteiger partial charge in [-0.1, -0.05) is 18.2 Å². The first kappa shape index (κ1) is 15.9. The second-order valence-electron chi connectivity index (χ2n) is 5.91. The zero-order valence-corrected chi connectivity index (χ0v) is 13.8. The maximum atomic E-state index is 12.4. The number of carbonyl (C=O) groups is 1. The summed E-state index contributed by atoms with van der Waals surface area (Å²) in [5, 5.41) is 5.02. The third-order valence-electron chi connectivity index (χ3n) is 3.89. The van der Waals surface area contributed by atoms with E-state index >= 15 is 0 Å². The van der Waals surface area contributed by atoms with E-state index in [0.717, 1.165) is 16.6 Å². The van der Waals surface area contributed by atoms with Crippen LogP contribution in [0.4, 0.5) is 0 Å². The van der Waals surface area contributed by atoms with E-state index in [4.69, 9.17) is 4.42 Å². The number of para-hydroxylation sites is 1. The van der Waals surface area contributed by atoms with Crippen LogP contribution in [0.3, 0.4) is 0 Å². The highest BCUT2D eigenvalue weighted by molar-refractivity contribution is 6.07. The maximum absolute atomic E-state index is 12.4. The molecule has 0 amide bonds. The quantitative estimate of drug-likeness (QED) is 0.416. The van der Waals surface area contributed by atoms with Gasteiger partial charge in [-0.05, 0) is 45.1 Å². The van der Waals surface area contributed by atoms with Gasteiger partial charge in [0.25, 0.3) is 0 Å². The first-order valence-electron chi connectivity index (χ1n) is 7.77. The summed E-state index contributed by atoms with van der Waals surface area (Å²) in [6.07, 6.45) is 4.77. The molecule has 2 aromatic heterocycles. The predicted octanol–water partition coefficient (Wildman–Crippen LogP) is 3.77. The van der Waals surface area contributed by atoms with E-state index in [9.17, 15) is 9.59 Å². The number of hydrogen-bond acceptors (Lipinski definition) is 4. The zero-order valence-electron chi connectivity index (χ0n) is 13.8. The van der Waals surface area contributed by atoms with E-state index in [0.29, 0.717) is 5.58 Å². The van der Waals surface area contributed by atoms with Gasteiger partial charge in [0.05, 0.1) is 6.20 Å². The van der Waals surface area contributed by atoms with E-state index in [1.807, 2.05) is 31.5 Å². The summed E-state index contributed by atoms with van der Waals surface area (Å²) in [4.78, 5) is 24.4. The van der Waals surface area contributed by atoms with Gasteiger partial charge in [0.2, 0.25) is 0 Å². The molecule has 5 heteroatoms. The lowest BCUT2D eigenvalue weighted by Crippen LogP contribution is -2.11. The number of nitrogens with zero attached hydrogens (tertiary/aromatic N) is 2. The Morgan fingerprint density at radius 2 is 2.04 bits per heavy atom. The Morgan fingerprint density at radius 1 is 1.29 bits per heavy atom. The van der Waals surface area contributed by atoms with Crippen molar-refractivity contribution in [3.8, 4) is 0 Å². The van der Waals surface area contributed by atoms with Crippen LogP contribution in [0.1, 0.15) is 41.5 Å². The minimum absolute atomic E-state index is 0.0267. The van der Waals surface area contributed by atoms with Crippen molar-refractivity contribution in [3.63, 3.8) is 0 Å². The molecule has 0 saturated heterocycles. The Labute approximate surface area is 139 Å². The second-order valence-corrected chi connectivity index (χ2v) is 5.91. The Bertz CT molecular complexity index is 993. The molecule has 122 valence electrons. The summed E-state index contributed by atoms with van der Waals surface area (Å²) >= 11 is 0. The third-order valence-corrected chi connectivity index (χ3v) is 3.89. The van der Waals surface area contributed by atoms with Crippen LogP contribution in [-0.4, -0.2) is 15.6 Å². The molecule has 0 spiro atoms. The molecule has 0 atom stereocenters. The average molecular weight is 322 g/mol. The number of aromatic nitrogens is 2. The average Bonchev–Trinajstić information content (AvgIpc) is 2.93. The number of hydrogen-bond donors (Lipinski definition) is 0. The summed E-state index contributed by atoms with van der Waals surface area (Å²) in [6, 6.07) is 8.92. The second kappa shape index (κ2) is 6.28. The van der Waals surface area contributed by atoms with E-state index < -0.39 is 5.63 Å². The van der Waals surface area contributed by atoms with Crippen molar-refractivity contribution in [1.29, 1.82) is 0 Å². The Morgan fingerprint density at radius 3 is 2.75 bits per heavy atom. The van der Waals surface area contributed by atoms with Crippen LogP contribution in [-0.2, 0) is 0 Å². The van der Waals surface area contributed by atoms with Crippen LogP contribution in [0, 0.1) is 6.92 Å². The molecule has 0 bridgehead atoms. The lowest BCUT2D eigenvalue weighted by atomic mass is 10.1. The van der Waals surface area contributed by atoms with E-state index in [-0.39, 0.29) is 17.4 Å². The van der Waals surface area contributed by atoms with Gasteiger partial charge in [0.1, 0.15) is 11.1 Å². The zero-order chi connectivity index (χ0) is 17.3. The van der Waals surface area contributed by atoms with E-state index in [2.05, 4.69) is 5.10 Å². The summed E-state index contributed by atoms with van der Waals surface area (Å²) in [5.74, 6) is -0.383. The Kier molecular flexibility index (Phi) is 4.16. The van der Waals surface area contributed by atoms with Crippen molar-refractivity contribution < 1.29 is 9.21 Å². The molecule has 5 nitrogen and oxygen atoms in total. The standard InChI is InChI=1S/C19H18N2O3/c1-12(2)21-13(3)15(11-20-21)8-9-17(22)16-10-14-6-4-5-7-18(14)24-19(16)23/h4-12H,1-3H3. The molecule has 0 N–H and O–H groups in total. The molecule has 0 aliphatic carbocycles. The molecule has 0 aliphatic rings. The lowest BCUT2D eigenvalue weighted by molar-refractivity contribution is 0.104. The largest absolute Gasteiger partial charge is 0.422 e. The summed E-state index contributed by atoms with van der Waals surface area (Å²) in [7, 11) is 0. The van der Waals surface area contributed by atoms with Crippen molar-refractivity contribution in [1.82, 2.24) is 9.78 Å².